The highest BCUT2D eigenvalue weighted by atomic mass is 35.5. The van der Waals surface area contributed by atoms with Crippen LogP contribution in [-0.2, 0) is 0 Å². The van der Waals surface area contributed by atoms with Gasteiger partial charge in [0.15, 0.2) is 4.96 Å². The number of hydrogen-bond donors (Lipinski definition) is 0. The van der Waals surface area contributed by atoms with E-state index in [9.17, 15) is 4.79 Å². The molecule has 0 N–H and O–H groups in total. The molecule has 1 unspecified atom stereocenters. The Morgan fingerprint density at radius 1 is 1.28 bits per heavy atom. The number of rotatable bonds is 1. The van der Waals surface area contributed by atoms with Gasteiger partial charge in [-0.1, -0.05) is 42.0 Å². The molecule has 3 heterocycles. The lowest BCUT2D eigenvalue weighted by Crippen LogP contribution is -2.45. The Bertz CT molecular complexity index is 1380. The third-order valence-corrected chi connectivity index (χ3v) is 7.48. The zero-order chi connectivity index (χ0) is 20.5. The number of nitrogens with zero attached hydrogens (tertiary/aromatic N) is 3. The van der Waals surface area contributed by atoms with Crippen LogP contribution in [0.1, 0.15) is 44.2 Å². The molecular formula is C23H22ClN3OS. The summed E-state index contributed by atoms with van der Waals surface area (Å²) in [7, 11) is 2.12. The maximum Gasteiger partial charge on any atom is 0.274 e. The molecule has 5 rings (SSSR count). The van der Waals surface area contributed by atoms with Crippen molar-refractivity contribution in [2.75, 3.05) is 11.9 Å². The van der Waals surface area contributed by atoms with Crippen LogP contribution in [0.4, 0.5) is 5.69 Å². The van der Waals surface area contributed by atoms with E-state index in [-0.39, 0.29) is 11.1 Å². The van der Waals surface area contributed by atoms with Gasteiger partial charge in [0.25, 0.3) is 5.56 Å². The lowest BCUT2D eigenvalue weighted by molar-refractivity contribution is 0.395. The molecule has 0 bridgehead atoms. The van der Waals surface area contributed by atoms with Crippen molar-refractivity contribution in [3.05, 3.63) is 67.4 Å². The van der Waals surface area contributed by atoms with Crippen molar-refractivity contribution in [3.8, 4) is 0 Å². The van der Waals surface area contributed by atoms with Gasteiger partial charge in [-0.05, 0) is 67.7 Å². The second-order valence-corrected chi connectivity index (χ2v) is 9.96. The van der Waals surface area contributed by atoms with Crippen LogP contribution < -0.4 is 15.0 Å². The summed E-state index contributed by atoms with van der Waals surface area (Å²) in [4.78, 5) is 20.7. The maximum absolute atomic E-state index is 13.1. The Labute approximate surface area is 178 Å². The van der Waals surface area contributed by atoms with Crippen LogP contribution >= 0.6 is 22.9 Å². The molecule has 1 aliphatic heterocycles. The number of hydrogen-bond acceptors (Lipinski definition) is 4. The number of imidazole rings is 1. The van der Waals surface area contributed by atoms with Gasteiger partial charge in [-0.25, -0.2) is 9.38 Å². The number of para-hydroxylation sites is 2. The first-order valence-electron chi connectivity index (χ1n) is 9.75. The molecule has 0 saturated heterocycles. The molecule has 0 saturated carbocycles. The van der Waals surface area contributed by atoms with E-state index >= 15 is 0 Å². The highest BCUT2D eigenvalue weighted by molar-refractivity contribution is 7.15. The minimum Gasteiger partial charge on any atom is -0.369 e. The summed E-state index contributed by atoms with van der Waals surface area (Å²) in [5.74, 6) is 0.428. The first kappa shape index (κ1) is 18.6. The molecule has 2 aromatic heterocycles. The summed E-state index contributed by atoms with van der Waals surface area (Å²) in [6, 6.07) is 11.9. The van der Waals surface area contributed by atoms with Gasteiger partial charge in [0.05, 0.1) is 15.6 Å². The second kappa shape index (κ2) is 6.31. The summed E-state index contributed by atoms with van der Waals surface area (Å²) >= 11 is 8.07. The average molecular weight is 424 g/mol. The topological polar surface area (TPSA) is 37.6 Å². The van der Waals surface area contributed by atoms with Crippen molar-refractivity contribution in [2.45, 2.75) is 38.6 Å². The van der Waals surface area contributed by atoms with Crippen molar-refractivity contribution in [2.24, 2.45) is 0 Å². The molecule has 1 aliphatic rings. The van der Waals surface area contributed by atoms with E-state index < -0.39 is 0 Å². The summed E-state index contributed by atoms with van der Waals surface area (Å²) < 4.78 is 2.34. The largest absolute Gasteiger partial charge is 0.369 e. The smallest absolute Gasteiger partial charge is 0.274 e. The number of anilines is 1. The highest BCUT2D eigenvalue weighted by Crippen LogP contribution is 2.44. The van der Waals surface area contributed by atoms with Crippen LogP contribution in [0.3, 0.4) is 0 Å². The monoisotopic (exact) mass is 423 g/mol. The van der Waals surface area contributed by atoms with Crippen LogP contribution in [0.2, 0.25) is 5.02 Å². The van der Waals surface area contributed by atoms with Crippen molar-refractivity contribution in [1.82, 2.24) is 9.38 Å². The first-order valence-corrected chi connectivity index (χ1v) is 10.9. The molecule has 0 radical (unpaired) electrons. The summed E-state index contributed by atoms with van der Waals surface area (Å²) in [5.41, 5.74) is 5.07. The Kier molecular flexibility index (Phi) is 4.06. The SMILES string of the molecule is CC1CC(C)(C)N(C)c2cc(Cl)c(/C=c3/sc4nc5ccccc5n4c3=O)cc21. The van der Waals surface area contributed by atoms with Gasteiger partial charge in [-0.15, -0.1) is 0 Å². The number of thiazole rings is 1. The minimum atomic E-state index is -0.0428. The number of halogens is 1. The molecule has 0 amide bonds. The van der Waals surface area contributed by atoms with Crippen LogP contribution in [0.15, 0.2) is 41.2 Å². The van der Waals surface area contributed by atoms with Crippen molar-refractivity contribution < 1.29 is 0 Å². The average Bonchev–Trinajstić information content (AvgIpc) is 3.17. The molecule has 4 nitrogen and oxygen atoms in total. The van der Waals surface area contributed by atoms with E-state index in [1.807, 2.05) is 36.4 Å². The fraction of sp³-hybridized carbons (Fsp3) is 0.304. The van der Waals surface area contributed by atoms with Gasteiger partial charge < -0.3 is 4.90 Å². The zero-order valence-corrected chi connectivity index (χ0v) is 18.4. The van der Waals surface area contributed by atoms with Gasteiger partial charge in [0.2, 0.25) is 0 Å². The Morgan fingerprint density at radius 3 is 2.83 bits per heavy atom. The Hall–Kier alpha value is -2.37. The zero-order valence-electron chi connectivity index (χ0n) is 16.9. The molecule has 0 spiro atoms. The summed E-state index contributed by atoms with van der Waals surface area (Å²) in [6.07, 6.45) is 2.98. The highest BCUT2D eigenvalue weighted by Gasteiger charge is 2.34. The van der Waals surface area contributed by atoms with Crippen LogP contribution in [-0.4, -0.2) is 22.0 Å². The van der Waals surface area contributed by atoms with Crippen LogP contribution in [0.25, 0.3) is 22.1 Å². The predicted molar refractivity (Wildman–Crippen MR) is 123 cm³/mol. The van der Waals surface area contributed by atoms with Gasteiger partial charge in [0.1, 0.15) is 0 Å². The van der Waals surface area contributed by atoms with Crippen LogP contribution in [0.5, 0.6) is 0 Å². The van der Waals surface area contributed by atoms with E-state index in [1.54, 1.807) is 4.40 Å². The molecule has 29 heavy (non-hydrogen) atoms. The normalized spacial score (nSPS) is 19.3. The van der Waals surface area contributed by atoms with Crippen molar-refractivity contribution >= 4 is 50.7 Å². The van der Waals surface area contributed by atoms with Crippen molar-refractivity contribution in [3.63, 3.8) is 0 Å². The number of benzene rings is 2. The molecule has 4 aromatic rings. The third-order valence-electron chi connectivity index (χ3n) is 6.18. The lowest BCUT2D eigenvalue weighted by Gasteiger charge is -2.45. The molecule has 1 atom stereocenters. The fourth-order valence-corrected chi connectivity index (χ4v) is 5.66. The van der Waals surface area contributed by atoms with Gasteiger partial charge >= 0.3 is 0 Å². The molecule has 0 fully saturated rings. The van der Waals surface area contributed by atoms with Crippen LogP contribution in [0, 0.1) is 0 Å². The van der Waals surface area contributed by atoms with E-state index in [0.29, 0.717) is 20.4 Å². The standard InChI is InChI=1S/C23H22ClN3OS/c1-13-12-23(2,3)26(4)19-11-16(24)14(9-15(13)19)10-20-21(28)27-18-8-6-5-7-17(18)25-22(27)29-20/h5-11,13H,12H2,1-4H3/b20-10+. The summed E-state index contributed by atoms with van der Waals surface area (Å²) in [6.45, 7) is 6.78. The van der Waals surface area contributed by atoms with Gasteiger partial charge in [-0.2, -0.15) is 0 Å². The first-order chi connectivity index (χ1) is 13.8. The van der Waals surface area contributed by atoms with E-state index in [0.717, 1.165) is 23.0 Å². The summed E-state index contributed by atoms with van der Waals surface area (Å²) in [5, 5.41) is 0.663. The molecular weight excluding hydrogens is 402 g/mol. The second-order valence-electron chi connectivity index (χ2n) is 8.54. The van der Waals surface area contributed by atoms with Crippen molar-refractivity contribution in [1.29, 1.82) is 0 Å². The maximum atomic E-state index is 13.1. The number of aromatic nitrogens is 2. The molecule has 6 heteroatoms. The van der Waals surface area contributed by atoms with Gasteiger partial charge in [-0.3, -0.25) is 4.79 Å². The molecule has 0 aliphatic carbocycles. The number of fused-ring (bicyclic) bond motifs is 4. The van der Waals surface area contributed by atoms with Gasteiger partial charge in [0, 0.05) is 23.3 Å². The lowest BCUT2D eigenvalue weighted by atomic mass is 9.80. The minimum absolute atomic E-state index is 0.0428. The Morgan fingerprint density at radius 2 is 2.03 bits per heavy atom. The Balaban J connectivity index is 1.70. The fourth-order valence-electron chi connectivity index (χ4n) is 4.47. The van der Waals surface area contributed by atoms with E-state index in [1.165, 1.54) is 22.6 Å². The van der Waals surface area contributed by atoms with E-state index in [2.05, 4.69) is 43.8 Å². The predicted octanol–water partition coefficient (Wildman–Crippen LogP) is 4.83. The quantitative estimate of drug-likeness (QED) is 0.440. The molecule has 148 valence electrons. The van der Waals surface area contributed by atoms with E-state index in [4.69, 9.17) is 11.6 Å². The molecule has 2 aromatic carbocycles. The third kappa shape index (κ3) is 2.79.